The molecule has 0 saturated carbocycles. The second-order valence-corrected chi connectivity index (χ2v) is 8.24. The first-order chi connectivity index (χ1) is 17.2. The van der Waals surface area contributed by atoms with Gasteiger partial charge in [-0.3, -0.25) is 14.3 Å². The van der Waals surface area contributed by atoms with Crippen LogP contribution in [-0.4, -0.2) is 29.5 Å². The predicted octanol–water partition coefficient (Wildman–Crippen LogP) is 4.89. The van der Waals surface area contributed by atoms with Gasteiger partial charge in [0.15, 0.2) is 11.5 Å². The van der Waals surface area contributed by atoms with E-state index >= 15 is 0 Å². The molecule has 0 fully saturated rings. The lowest BCUT2D eigenvalue weighted by Gasteiger charge is -2.22. The molecular formula is C27H21N7O. The van der Waals surface area contributed by atoms with Gasteiger partial charge in [0, 0.05) is 23.8 Å². The van der Waals surface area contributed by atoms with Crippen LogP contribution in [0.15, 0.2) is 96.6 Å². The monoisotopic (exact) mass is 459 g/mol. The summed E-state index contributed by atoms with van der Waals surface area (Å²) in [7, 11) is 0. The zero-order chi connectivity index (χ0) is 23.8. The van der Waals surface area contributed by atoms with Crippen molar-refractivity contribution in [3.8, 4) is 16.8 Å². The third-order valence-corrected chi connectivity index (χ3v) is 6.10. The molecule has 8 nitrogen and oxygen atoms in total. The highest BCUT2D eigenvalue weighted by Gasteiger charge is 2.20. The van der Waals surface area contributed by atoms with Crippen LogP contribution in [0.2, 0.25) is 0 Å². The summed E-state index contributed by atoms with van der Waals surface area (Å²) in [6.45, 7) is 2.01. The molecule has 0 saturated heterocycles. The minimum atomic E-state index is -0.258. The number of H-pyrrole nitrogens is 1. The van der Waals surface area contributed by atoms with E-state index in [1.165, 1.54) is 6.33 Å². The molecule has 1 atom stereocenters. The number of aromatic nitrogens is 6. The number of benzene rings is 2. The molecule has 0 bridgehead atoms. The van der Waals surface area contributed by atoms with E-state index in [1.807, 2.05) is 67.6 Å². The summed E-state index contributed by atoms with van der Waals surface area (Å²) in [6, 6.07) is 21.3. The van der Waals surface area contributed by atoms with Crippen LogP contribution in [0.4, 0.5) is 5.82 Å². The Morgan fingerprint density at radius 3 is 2.60 bits per heavy atom. The van der Waals surface area contributed by atoms with E-state index < -0.39 is 0 Å². The molecule has 0 spiro atoms. The lowest BCUT2D eigenvalue weighted by molar-refractivity contribution is 0.774. The largest absolute Gasteiger partial charge is 0.360 e. The first-order valence-electron chi connectivity index (χ1n) is 11.3. The molecule has 6 rings (SSSR count). The maximum Gasteiger partial charge on any atom is 0.263 e. The summed E-state index contributed by atoms with van der Waals surface area (Å²) in [6.07, 6.45) is 6.55. The van der Waals surface area contributed by atoms with Gasteiger partial charge in [0.2, 0.25) is 0 Å². The lowest BCUT2D eigenvalue weighted by Crippen LogP contribution is -2.26. The Morgan fingerprint density at radius 1 is 0.943 bits per heavy atom. The molecule has 4 heterocycles. The lowest BCUT2D eigenvalue weighted by atomic mass is 9.98. The van der Waals surface area contributed by atoms with Crippen LogP contribution in [0.3, 0.4) is 0 Å². The molecule has 170 valence electrons. The second kappa shape index (κ2) is 8.49. The molecule has 2 N–H and O–H groups in total. The van der Waals surface area contributed by atoms with Gasteiger partial charge >= 0.3 is 0 Å². The van der Waals surface area contributed by atoms with Gasteiger partial charge in [-0.2, -0.15) is 0 Å². The summed E-state index contributed by atoms with van der Waals surface area (Å²) in [5, 5.41) is 4.96. The van der Waals surface area contributed by atoms with E-state index in [1.54, 1.807) is 23.3 Å². The van der Waals surface area contributed by atoms with Crippen LogP contribution in [0.5, 0.6) is 0 Å². The summed E-state index contributed by atoms with van der Waals surface area (Å²) >= 11 is 0. The number of para-hydroxylation sites is 1. The molecule has 0 unspecified atom stereocenters. The fourth-order valence-electron chi connectivity index (χ4n) is 4.47. The number of rotatable bonds is 5. The van der Waals surface area contributed by atoms with Gasteiger partial charge in [-0.05, 0) is 53.8 Å². The highest BCUT2D eigenvalue weighted by atomic mass is 16.1. The molecule has 0 aliphatic rings. The van der Waals surface area contributed by atoms with E-state index in [2.05, 4.69) is 36.3 Å². The highest BCUT2D eigenvalue weighted by molar-refractivity contribution is 5.96. The molecule has 4 aromatic heterocycles. The number of hydrogen-bond acceptors (Lipinski definition) is 6. The normalized spacial score (nSPS) is 12.1. The van der Waals surface area contributed by atoms with Gasteiger partial charge in [0.25, 0.3) is 5.56 Å². The molecule has 35 heavy (non-hydrogen) atoms. The third-order valence-electron chi connectivity index (χ3n) is 6.10. The standard InChI is InChI=1S/C27H21N7O/c1-17(33-26-24-25(30-15-29-24)31-16-32-26)22-14-19-6-5-9-21(18-10-12-28-13-11-18)23(19)27(35)34(22)20-7-3-2-4-8-20/h2-17H,1H3,(H2,29,30,31,32,33)/t17-/m1/s1. The van der Waals surface area contributed by atoms with Gasteiger partial charge < -0.3 is 10.3 Å². The van der Waals surface area contributed by atoms with E-state index in [0.29, 0.717) is 22.4 Å². The molecule has 0 radical (unpaired) electrons. The molecule has 6 aromatic rings. The van der Waals surface area contributed by atoms with Crippen molar-refractivity contribution in [3.63, 3.8) is 0 Å². The Hall–Kier alpha value is -4.85. The number of fused-ring (bicyclic) bond motifs is 2. The number of nitrogens with zero attached hydrogens (tertiary/aromatic N) is 5. The Balaban J connectivity index is 1.58. The van der Waals surface area contributed by atoms with Crippen LogP contribution >= 0.6 is 0 Å². The molecule has 0 aliphatic heterocycles. The van der Waals surface area contributed by atoms with Crippen molar-refractivity contribution < 1.29 is 0 Å². The highest BCUT2D eigenvalue weighted by Crippen LogP contribution is 2.30. The molecule has 0 amide bonds. The molecular weight excluding hydrogens is 438 g/mol. The van der Waals surface area contributed by atoms with Crippen molar-refractivity contribution in [2.45, 2.75) is 13.0 Å². The number of aromatic amines is 1. The van der Waals surface area contributed by atoms with Crippen molar-refractivity contribution in [3.05, 3.63) is 108 Å². The fraction of sp³-hybridized carbons (Fsp3) is 0.0741. The summed E-state index contributed by atoms with van der Waals surface area (Å²) < 4.78 is 1.77. The quantitative estimate of drug-likeness (QED) is 0.381. The van der Waals surface area contributed by atoms with Gasteiger partial charge in [-0.1, -0.05) is 36.4 Å². The Morgan fingerprint density at radius 2 is 1.77 bits per heavy atom. The SMILES string of the molecule is C[C@@H](Nc1ncnc2[nH]cnc12)c1cc2cccc(-c3ccncc3)c2c(=O)n1-c1ccccc1. The smallest absolute Gasteiger partial charge is 0.263 e. The van der Waals surface area contributed by atoms with Crippen molar-refractivity contribution >= 4 is 27.8 Å². The fourth-order valence-corrected chi connectivity index (χ4v) is 4.47. The summed E-state index contributed by atoms with van der Waals surface area (Å²) in [5.41, 5.74) is 4.63. The van der Waals surface area contributed by atoms with E-state index in [4.69, 9.17) is 0 Å². The zero-order valence-corrected chi connectivity index (χ0v) is 18.9. The van der Waals surface area contributed by atoms with Crippen molar-refractivity contribution in [1.29, 1.82) is 0 Å². The van der Waals surface area contributed by atoms with Crippen LogP contribution < -0.4 is 10.9 Å². The Labute approximate surface area is 200 Å². The van der Waals surface area contributed by atoms with Crippen LogP contribution in [0.1, 0.15) is 18.7 Å². The van der Waals surface area contributed by atoms with Crippen molar-refractivity contribution in [2.24, 2.45) is 0 Å². The Kier molecular flexibility index (Phi) is 5.03. The van der Waals surface area contributed by atoms with E-state index in [-0.39, 0.29) is 11.6 Å². The number of nitrogens with one attached hydrogen (secondary N) is 2. The van der Waals surface area contributed by atoms with Crippen molar-refractivity contribution in [2.75, 3.05) is 5.32 Å². The minimum Gasteiger partial charge on any atom is -0.360 e. The first-order valence-corrected chi connectivity index (χ1v) is 11.3. The van der Waals surface area contributed by atoms with Gasteiger partial charge in [-0.25, -0.2) is 15.0 Å². The molecule has 2 aromatic carbocycles. The van der Waals surface area contributed by atoms with Crippen LogP contribution in [0, 0.1) is 0 Å². The Bertz CT molecular complexity index is 1710. The number of imidazole rings is 1. The van der Waals surface area contributed by atoms with Gasteiger partial charge in [-0.15, -0.1) is 0 Å². The van der Waals surface area contributed by atoms with E-state index in [9.17, 15) is 4.79 Å². The number of hydrogen-bond donors (Lipinski definition) is 2. The summed E-state index contributed by atoms with van der Waals surface area (Å²) in [4.78, 5) is 34.2. The van der Waals surface area contributed by atoms with Gasteiger partial charge in [0.1, 0.15) is 11.8 Å². The second-order valence-electron chi connectivity index (χ2n) is 8.24. The molecule has 0 aliphatic carbocycles. The minimum absolute atomic E-state index is 0.0858. The third kappa shape index (κ3) is 3.61. The number of anilines is 1. The molecule has 8 heteroatoms. The van der Waals surface area contributed by atoms with E-state index in [0.717, 1.165) is 27.9 Å². The topological polar surface area (TPSA) is 101 Å². The summed E-state index contributed by atoms with van der Waals surface area (Å²) in [5.74, 6) is 0.599. The van der Waals surface area contributed by atoms with Gasteiger partial charge in [0.05, 0.1) is 17.8 Å². The van der Waals surface area contributed by atoms with Crippen molar-refractivity contribution in [1.82, 2.24) is 29.5 Å². The number of pyridine rings is 2. The predicted molar refractivity (Wildman–Crippen MR) is 136 cm³/mol. The van der Waals surface area contributed by atoms with Crippen LogP contribution in [0.25, 0.3) is 38.8 Å². The maximum atomic E-state index is 14.1. The first kappa shape index (κ1) is 20.7. The average Bonchev–Trinajstić information content (AvgIpc) is 3.39. The maximum absolute atomic E-state index is 14.1. The average molecular weight is 460 g/mol. The zero-order valence-electron chi connectivity index (χ0n) is 18.9. The van der Waals surface area contributed by atoms with Crippen LogP contribution in [-0.2, 0) is 0 Å².